The smallest absolute Gasteiger partial charge is 0.0891 e. The maximum Gasteiger partial charge on any atom is 0.0891 e. The number of pyridine rings is 1. The zero-order chi connectivity index (χ0) is 14.2. The number of para-hydroxylation sites is 1. The van der Waals surface area contributed by atoms with Crippen molar-refractivity contribution in [1.29, 1.82) is 0 Å². The van der Waals surface area contributed by atoms with E-state index in [0.29, 0.717) is 11.8 Å². The molecule has 1 unspecified atom stereocenters. The Labute approximate surface area is 121 Å². The highest BCUT2D eigenvalue weighted by molar-refractivity contribution is 6.35. The topological polar surface area (TPSA) is 12.9 Å². The van der Waals surface area contributed by atoms with Crippen molar-refractivity contribution in [2.24, 2.45) is 11.3 Å². The van der Waals surface area contributed by atoms with Crippen molar-refractivity contribution in [1.82, 2.24) is 4.98 Å². The third-order valence-electron chi connectivity index (χ3n) is 3.61. The molecule has 0 saturated carbocycles. The summed E-state index contributed by atoms with van der Waals surface area (Å²) < 4.78 is 0. The SMILES string of the molecule is CC(C)C(c1ccc2cccc(Cl)c2n1)C(C)(C)C. The van der Waals surface area contributed by atoms with Crippen LogP contribution in [0, 0.1) is 11.3 Å². The standard InChI is InChI=1S/C17H22ClN/c1-11(2)15(17(3,4)5)14-10-9-12-7-6-8-13(18)16(12)19-14/h6-11,15H,1-5H3. The molecule has 0 aliphatic carbocycles. The average molecular weight is 276 g/mol. The van der Waals surface area contributed by atoms with Gasteiger partial charge in [0.1, 0.15) is 0 Å². The van der Waals surface area contributed by atoms with Crippen molar-refractivity contribution in [3.8, 4) is 0 Å². The molecule has 0 aliphatic heterocycles. The van der Waals surface area contributed by atoms with Gasteiger partial charge < -0.3 is 0 Å². The summed E-state index contributed by atoms with van der Waals surface area (Å²) in [6.45, 7) is 11.3. The number of halogens is 1. The van der Waals surface area contributed by atoms with Crippen LogP contribution in [0.2, 0.25) is 5.02 Å². The first kappa shape index (κ1) is 14.3. The fourth-order valence-electron chi connectivity index (χ4n) is 3.08. The predicted molar refractivity (Wildman–Crippen MR) is 83.8 cm³/mol. The lowest BCUT2D eigenvalue weighted by Gasteiger charge is -2.33. The van der Waals surface area contributed by atoms with Crippen LogP contribution < -0.4 is 0 Å². The van der Waals surface area contributed by atoms with Crippen LogP contribution in [0.4, 0.5) is 0 Å². The second kappa shape index (κ2) is 5.13. The van der Waals surface area contributed by atoms with Crippen LogP contribution >= 0.6 is 11.6 Å². The van der Waals surface area contributed by atoms with Crippen LogP contribution in [-0.2, 0) is 0 Å². The molecule has 2 aromatic rings. The summed E-state index contributed by atoms with van der Waals surface area (Å²) in [5.74, 6) is 0.973. The number of benzene rings is 1. The summed E-state index contributed by atoms with van der Waals surface area (Å²) in [5, 5.41) is 1.84. The summed E-state index contributed by atoms with van der Waals surface area (Å²) in [4.78, 5) is 4.83. The molecular formula is C17H22ClN. The molecule has 0 saturated heterocycles. The van der Waals surface area contributed by atoms with E-state index in [2.05, 4.69) is 52.8 Å². The molecule has 0 bridgehead atoms. The van der Waals surface area contributed by atoms with Gasteiger partial charge in [0, 0.05) is 17.0 Å². The fraction of sp³-hybridized carbons (Fsp3) is 0.471. The fourth-order valence-corrected chi connectivity index (χ4v) is 3.31. The Balaban J connectivity index is 2.59. The number of nitrogens with zero attached hydrogens (tertiary/aromatic N) is 1. The minimum absolute atomic E-state index is 0.191. The van der Waals surface area contributed by atoms with E-state index in [4.69, 9.17) is 16.6 Å². The van der Waals surface area contributed by atoms with E-state index in [1.165, 1.54) is 0 Å². The molecule has 0 fully saturated rings. The first-order chi connectivity index (χ1) is 8.80. The van der Waals surface area contributed by atoms with Gasteiger partial charge in [0.25, 0.3) is 0 Å². The minimum Gasteiger partial charge on any atom is -0.251 e. The molecule has 0 N–H and O–H groups in total. The molecular weight excluding hydrogens is 254 g/mol. The Hall–Kier alpha value is -1.08. The van der Waals surface area contributed by atoms with Gasteiger partial charge in [-0.1, -0.05) is 64.4 Å². The summed E-state index contributed by atoms with van der Waals surface area (Å²) in [5.41, 5.74) is 2.25. The Bertz CT molecular complexity index is 581. The van der Waals surface area contributed by atoms with Gasteiger partial charge in [0.15, 0.2) is 0 Å². The highest BCUT2D eigenvalue weighted by Crippen LogP contribution is 2.40. The second-order valence-corrected chi connectivity index (χ2v) is 7.04. The monoisotopic (exact) mass is 275 g/mol. The van der Waals surface area contributed by atoms with Crippen LogP contribution in [0.5, 0.6) is 0 Å². The van der Waals surface area contributed by atoms with E-state index in [1.807, 2.05) is 12.1 Å². The van der Waals surface area contributed by atoms with Gasteiger partial charge in [0.05, 0.1) is 10.5 Å². The van der Waals surface area contributed by atoms with Gasteiger partial charge in [-0.2, -0.15) is 0 Å². The molecule has 0 spiro atoms. The van der Waals surface area contributed by atoms with Gasteiger partial charge in [-0.3, -0.25) is 4.98 Å². The average Bonchev–Trinajstić information content (AvgIpc) is 2.28. The van der Waals surface area contributed by atoms with E-state index in [-0.39, 0.29) is 5.41 Å². The van der Waals surface area contributed by atoms with Gasteiger partial charge >= 0.3 is 0 Å². The van der Waals surface area contributed by atoms with Crippen LogP contribution in [0.3, 0.4) is 0 Å². The maximum absolute atomic E-state index is 6.27. The van der Waals surface area contributed by atoms with E-state index >= 15 is 0 Å². The maximum atomic E-state index is 6.27. The molecule has 2 heteroatoms. The molecule has 1 atom stereocenters. The molecule has 1 aromatic carbocycles. The molecule has 1 heterocycles. The van der Waals surface area contributed by atoms with Gasteiger partial charge in [-0.15, -0.1) is 0 Å². The van der Waals surface area contributed by atoms with E-state index in [1.54, 1.807) is 0 Å². The molecule has 0 aliphatic rings. The minimum atomic E-state index is 0.191. The second-order valence-electron chi connectivity index (χ2n) is 6.64. The van der Waals surface area contributed by atoms with Crippen molar-refractivity contribution in [3.63, 3.8) is 0 Å². The molecule has 102 valence electrons. The Morgan fingerprint density at radius 1 is 1.05 bits per heavy atom. The Kier molecular flexibility index (Phi) is 3.87. The van der Waals surface area contributed by atoms with Gasteiger partial charge in [0.2, 0.25) is 0 Å². The number of fused-ring (bicyclic) bond motifs is 1. The summed E-state index contributed by atoms with van der Waals surface area (Å²) in [6, 6.07) is 10.2. The normalized spacial score (nSPS) is 14.1. The lowest BCUT2D eigenvalue weighted by atomic mass is 9.72. The summed E-state index contributed by atoms with van der Waals surface area (Å²) >= 11 is 6.27. The van der Waals surface area contributed by atoms with E-state index in [9.17, 15) is 0 Å². The first-order valence-electron chi connectivity index (χ1n) is 6.86. The van der Waals surface area contributed by atoms with Crippen molar-refractivity contribution in [2.45, 2.75) is 40.5 Å². The lowest BCUT2D eigenvalue weighted by molar-refractivity contribution is 0.253. The Morgan fingerprint density at radius 2 is 1.74 bits per heavy atom. The van der Waals surface area contributed by atoms with Crippen LogP contribution in [0.15, 0.2) is 30.3 Å². The molecule has 1 aromatic heterocycles. The molecule has 1 nitrogen and oxygen atoms in total. The van der Waals surface area contributed by atoms with E-state index < -0.39 is 0 Å². The van der Waals surface area contributed by atoms with Crippen molar-refractivity contribution >= 4 is 22.5 Å². The van der Waals surface area contributed by atoms with Gasteiger partial charge in [-0.25, -0.2) is 0 Å². The number of aromatic nitrogens is 1. The summed E-state index contributed by atoms with van der Waals surface area (Å²) in [7, 11) is 0. The third-order valence-corrected chi connectivity index (χ3v) is 3.92. The van der Waals surface area contributed by atoms with Crippen LogP contribution in [0.1, 0.15) is 46.2 Å². The van der Waals surface area contributed by atoms with Crippen molar-refractivity contribution < 1.29 is 0 Å². The quantitative estimate of drug-likeness (QED) is 0.688. The number of hydrogen-bond donors (Lipinski definition) is 0. The van der Waals surface area contributed by atoms with Crippen molar-refractivity contribution in [2.75, 3.05) is 0 Å². The largest absolute Gasteiger partial charge is 0.251 e. The predicted octanol–water partition coefficient (Wildman–Crippen LogP) is 5.67. The summed E-state index contributed by atoms with van der Waals surface area (Å²) in [6.07, 6.45) is 0. The van der Waals surface area contributed by atoms with Crippen molar-refractivity contribution in [3.05, 3.63) is 41.0 Å². The van der Waals surface area contributed by atoms with Crippen LogP contribution in [-0.4, -0.2) is 4.98 Å². The zero-order valence-electron chi connectivity index (χ0n) is 12.4. The molecule has 0 radical (unpaired) electrons. The Morgan fingerprint density at radius 3 is 2.32 bits per heavy atom. The third kappa shape index (κ3) is 2.92. The van der Waals surface area contributed by atoms with Gasteiger partial charge in [-0.05, 0) is 23.5 Å². The first-order valence-corrected chi connectivity index (χ1v) is 7.23. The zero-order valence-corrected chi connectivity index (χ0v) is 13.1. The van der Waals surface area contributed by atoms with Crippen LogP contribution in [0.25, 0.3) is 10.9 Å². The van der Waals surface area contributed by atoms with E-state index in [0.717, 1.165) is 21.6 Å². The highest BCUT2D eigenvalue weighted by Gasteiger charge is 2.30. The molecule has 19 heavy (non-hydrogen) atoms. The number of hydrogen-bond acceptors (Lipinski definition) is 1. The lowest BCUT2D eigenvalue weighted by Crippen LogP contribution is -2.24. The molecule has 2 rings (SSSR count). The highest BCUT2D eigenvalue weighted by atomic mass is 35.5. The molecule has 0 amide bonds. The number of rotatable bonds is 2.